The molecule has 0 saturated heterocycles. The summed E-state index contributed by atoms with van der Waals surface area (Å²) in [5, 5.41) is 15.1. The van der Waals surface area contributed by atoms with E-state index in [4.69, 9.17) is 0 Å². The maximum Gasteiger partial charge on any atom is 0.296 e. The summed E-state index contributed by atoms with van der Waals surface area (Å²) in [6, 6.07) is 23.3. The molecule has 1 heterocycles. The first-order chi connectivity index (χ1) is 18.6. The molecule has 1 aliphatic carbocycles. The van der Waals surface area contributed by atoms with E-state index in [1.165, 1.54) is 0 Å². The molecule has 0 amide bonds. The van der Waals surface area contributed by atoms with Crippen LogP contribution in [0.15, 0.2) is 99.4 Å². The highest BCUT2D eigenvalue weighted by molar-refractivity contribution is 7.86. The molecule has 0 saturated carbocycles. The van der Waals surface area contributed by atoms with Gasteiger partial charge in [-0.3, -0.25) is 14.1 Å². The minimum absolute atomic E-state index is 0.0426. The van der Waals surface area contributed by atoms with Gasteiger partial charge in [0.2, 0.25) is 0 Å². The summed E-state index contributed by atoms with van der Waals surface area (Å²) >= 11 is 0. The van der Waals surface area contributed by atoms with Crippen LogP contribution in [0.4, 0.5) is 11.4 Å². The second-order valence-electron chi connectivity index (χ2n) is 9.25. The SMILES string of the molecule is Cc1cccc(Nc2cc(S(=O)(=O)O)c3nc(=O)c(=C(O)c4ccccc4)c4c5ccccc5c(=O)c2c3=4)c1. The predicted octanol–water partition coefficient (Wildman–Crippen LogP) is 4.00. The van der Waals surface area contributed by atoms with Gasteiger partial charge in [-0.25, -0.2) is 4.98 Å². The van der Waals surface area contributed by atoms with E-state index in [0.29, 0.717) is 16.6 Å². The maximum atomic E-state index is 13.9. The quantitative estimate of drug-likeness (QED) is 0.288. The Morgan fingerprint density at radius 1 is 0.846 bits per heavy atom. The summed E-state index contributed by atoms with van der Waals surface area (Å²) in [6.45, 7) is 1.88. The summed E-state index contributed by atoms with van der Waals surface area (Å²) in [5.41, 5.74) is 0.259. The standard InChI is InChI=1S/C30H20N2O6S/c1-16-8-7-11-18(14-16)31-21-15-22(39(36,37)38)27-25-23(19-12-5-6-13-20(19)29(34)24(21)25)26(30(35)32-27)28(33)17-9-3-2-4-10-17/h2-15,31,33H,1H3,(H,36,37,38). The van der Waals surface area contributed by atoms with Crippen LogP contribution in [0.5, 0.6) is 0 Å². The van der Waals surface area contributed by atoms with Crippen molar-refractivity contribution in [3.63, 3.8) is 0 Å². The van der Waals surface area contributed by atoms with Crippen molar-refractivity contribution in [3.8, 4) is 0 Å². The van der Waals surface area contributed by atoms with Gasteiger partial charge in [0.1, 0.15) is 10.7 Å². The van der Waals surface area contributed by atoms with Crippen molar-refractivity contribution < 1.29 is 18.1 Å². The molecule has 3 N–H and O–H groups in total. The van der Waals surface area contributed by atoms with E-state index < -0.39 is 26.0 Å². The molecule has 39 heavy (non-hydrogen) atoms. The molecule has 8 nitrogen and oxygen atoms in total. The Balaban J connectivity index is 1.97. The fourth-order valence-electron chi connectivity index (χ4n) is 5.06. The number of aryl methyl sites for hydroxylation is 1. The minimum atomic E-state index is -4.89. The van der Waals surface area contributed by atoms with Crippen LogP contribution in [0.2, 0.25) is 0 Å². The zero-order valence-corrected chi connectivity index (χ0v) is 21.3. The molecule has 192 valence electrons. The Morgan fingerprint density at radius 2 is 1.54 bits per heavy atom. The maximum absolute atomic E-state index is 13.9. The largest absolute Gasteiger partial charge is 0.506 e. The molecular formula is C30H20N2O6S. The van der Waals surface area contributed by atoms with Crippen LogP contribution in [-0.4, -0.2) is 23.1 Å². The smallest absolute Gasteiger partial charge is 0.296 e. The Labute approximate surface area is 221 Å². The van der Waals surface area contributed by atoms with Gasteiger partial charge in [0.05, 0.1) is 21.8 Å². The molecule has 0 atom stereocenters. The van der Waals surface area contributed by atoms with E-state index in [9.17, 15) is 27.7 Å². The van der Waals surface area contributed by atoms with E-state index in [1.54, 1.807) is 66.7 Å². The third-order valence-corrected chi connectivity index (χ3v) is 7.59. The van der Waals surface area contributed by atoms with Gasteiger partial charge in [-0.2, -0.15) is 8.42 Å². The second-order valence-corrected chi connectivity index (χ2v) is 10.6. The van der Waals surface area contributed by atoms with E-state index >= 15 is 0 Å². The summed E-state index contributed by atoms with van der Waals surface area (Å²) in [5.74, 6) is -0.370. The highest BCUT2D eigenvalue weighted by atomic mass is 32.2. The molecule has 4 aromatic rings. The normalized spacial score (nSPS) is 12.8. The van der Waals surface area contributed by atoms with E-state index in [0.717, 1.165) is 11.6 Å². The molecule has 0 radical (unpaired) electrons. The van der Waals surface area contributed by atoms with E-state index in [1.807, 2.05) is 19.1 Å². The fourth-order valence-corrected chi connectivity index (χ4v) is 5.72. The van der Waals surface area contributed by atoms with E-state index in [-0.39, 0.29) is 43.4 Å². The molecule has 0 unspecified atom stereocenters. The molecule has 2 aliphatic rings. The number of hydrogen-bond donors (Lipinski definition) is 3. The Morgan fingerprint density at radius 3 is 2.23 bits per heavy atom. The first-order valence-electron chi connectivity index (χ1n) is 11.9. The molecule has 1 aliphatic heterocycles. The van der Waals surface area contributed by atoms with Crippen molar-refractivity contribution in [2.24, 2.45) is 0 Å². The average molecular weight is 537 g/mol. The summed E-state index contributed by atoms with van der Waals surface area (Å²) in [6.07, 6.45) is 0. The lowest BCUT2D eigenvalue weighted by atomic mass is 9.96. The zero-order valence-electron chi connectivity index (χ0n) is 20.5. The van der Waals surface area contributed by atoms with Crippen molar-refractivity contribution in [1.29, 1.82) is 0 Å². The summed E-state index contributed by atoms with van der Waals surface area (Å²) < 4.78 is 35.3. The van der Waals surface area contributed by atoms with Crippen molar-refractivity contribution in [2.45, 2.75) is 11.8 Å². The molecule has 6 rings (SSSR count). The van der Waals surface area contributed by atoms with Gasteiger partial charge in [-0.05, 0) is 36.1 Å². The Kier molecular flexibility index (Phi) is 5.56. The van der Waals surface area contributed by atoms with Gasteiger partial charge >= 0.3 is 0 Å². The number of hydrogen-bond acceptors (Lipinski definition) is 7. The number of aliphatic hydroxyl groups is 1. The molecule has 4 aromatic carbocycles. The lowest BCUT2D eigenvalue weighted by Crippen LogP contribution is -2.33. The van der Waals surface area contributed by atoms with Crippen LogP contribution in [0.1, 0.15) is 11.1 Å². The van der Waals surface area contributed by atoms with E-state index in [2.05, 4.69) is 10.3 Å². The van der Waals surface area contributed by atoms with Gasteiger partial charge in [0.25, 0.3) is 15.7 Å². The molecule has 0 spiro atoms. The number of aliphatic hydroxyl groups excluding tert-OH is 1. The minimum Gasteiger partial charge on any atom is -0.506 e. The van der Waals surface area contributed by atoms with Crippen LogP contribution in [0, 0.1) is 17.4 Å². The van der Waals surface area contributed by atoms with Crippen LogP contribution in [-0.2, 0) is 10.1 Å². The van der Waals surface area contributed by atoms with Crippen molar-refractivity contribution in [2.75, 3.05) is 5.32 Å². The first-order valence-corrected chi connectivity index (χ1v) is 13.4. The van der Waals surface area contributed by atoms with Gasteiger partial charge in [-0.15, -0.1) is 0 Å². The predicted molar refractivity (Wildman–Crippen MR) is 149 cm³/mol. The molecule has 0 bridgehead atoms. The number of benzene rings is 4. The molecule has 9 heteroatoms. The summed E-state index contributed by atoms with van der Waals surface area (Å²) in [4.78, 5) is 30.8. The van der Waals surface area contributed by atoms with Crippen LogP contribution >= 0.6 is 0 Å². The number of aromatic nitrogens is 1. The van der Waals surface area contributed by atoms with Gasteiger partial charge in [0, 0.05) is 27.1 Å². The number of rotatable bonds is 4. The average Bonchev–Trinajstić information content (AvgIpc) is 2.91. The molecule has 0 aromatic heterocycles. The first kappa shape index (κ1) is 24.5. The Bertz CT molecular complexity index is 2290. The van der Waals surface area contributed by atoms with Gasteiger partial charge in [-0.1, -0.05) is 66.7 Å². The van der Waals surface area contributed by atoms with Crippen molar-refractivity contribution in [1.82, 2.24) is 4.98 Å². The second kappa shape index (κ2) is 8.87. The number of anilines is 2. The molecular weight excluding hydrogens is 516 g/mol. The zero-order chi connectivity index (χ0) is 27.5. The number of nitrogens with one attached hydrogen (secondary N) is 1. The monoisotopic (exact) mass is 536 g/mol. The van der Waals surface area contributed by atoms with Crippen LogP contribution in [0.25, 0.3) is 27.4 Å². The van der Waals surface area contributed by atoms with Crippen LogP contribution in [0.3, 0.4) is 0 Å². The Hall–Kier alpha value is -4.86. The highest BCUT2D eigenvalue weighted by Gasteiger charge is 2.25. The molecule has 0 fully saturated rings. The fraction of sp³-hybridized carbons (Fsp3) is 0.0333. The third-order valence-electron chi connectivity index (χ3n) is 6.72. The number of nitrogens with zero attached hydrogens (tertiary/aromatic N) is 1. The lowest BCUT2D eigenvalue weighted by Gasteiger charge is -2.15. The summed E-state index contributed by atoms with van der Waals surface area (Å²) in [7, 11) is -4.89. The van der Waals surface area contributed by atoms with Crippen molar-refractivity contribution in [3.05, 3.63) is 132 Å². The van der Waals surface area contributed by atoms with Gasteiger partial charge < -0.3 is 10.4 Å². The van der Waals surface area contributed by atoms with Crippen LogP contribution < -0.4 is 21.5 Å². The highest BCUT2D eigenvalue weighted by Crippen LogP contribution is 2.31. The topological polar surface area (TPSA) is 134 Å². The van der Waals surface area contributed by atoms with Gasteiger partial charge in [0.15, 0.2) is 5.43 Å². The lowest BCUT2D eigenvalue weighted by molar-refractivity contribution is 0.484. The third kappa shape index (κ3) is 3.96. The van der Waals surface area contributed by atoms with Crippen molar-refractivity contribution >= 4 is 48.9 Å². The number of fused-ring (bicyclic) bond motifs is 2.